The van der Waals surface area contributed by atoms with Crippen molar-refractivity contribution in [2.24, 2.45) is 5.92 Å². The molecule has 0 aliphatic heterocycles. The van der Waals surface area contributed by atoms with Gasteiger partial charge in [-0.3, -0.25) is 4.79 Å². The molecule has 0 heterocycles. The molecule has 0 unspecified atom stereocenters. The summed E-state index contributed by atoms with van der Waals surface area (Å²) in [7, 11) is 0. The summed E-state index contributed by atoms with van der Waals surface area (Å²) in [6.07, 6.45) is 9.13. The Morgan fingerprint density at radius 1 is 1.23 bits per heavy atom. The van der Waals surface area contributed by atoms with Crippen molar-refractivity contribution in [2.45, 2.75) is 51.4 Å². The van der Waals surface area contributed by atoms with Crippen LogP contribution in [0, 0.1) is 5.92 Å². The molecule has 0 amide bonds. The standard InChI is InChI=1S/C10H18O2.Zn/c11-10(12)8-4-7-9-5-2-1-3-6-9;/h9H,1-8H2,(H,11,12);. The van der Waals surface area contributed by atoms with Crippen LogP contribution in [0.2, 0.25) is 0 Å². The molecule has 0 spiro atoms. The second kappa shape index (κ2) is 7.49. The summed E-state index contributed by atoms with van der Waals surface area (Å²) in [5.74, 6) is 0.184. The first kappa shape index (κ1) is 13.1. The van der Waals surface area contributed by atoms with Crippen LogP contribution in [0.1, 0.15) is 51.4 Å². The monoisotopic (exact) mass is 234 g/mol. The number of hydrogen-bond donors (Lipinski definition) is 1. The molecular weight excluding hydrogens is 217 g/mol. The predicted molar refractivity (Wildman–Crippen MR) is 48.1 cm³/mol. The van der Waals surface area contributed by atoms with Gasteiger partial charge in [0.25, 0.3) is 0 Å². The Morgan fingerprint density at radius 2 is 1.85 bits per heavy atom. The second-order valence-corrected chi connectivity index (χ2v) is 3.79. The van der Waals surface area contributed by atoms with E-state index in [1.807, 2.05) is 0 Å². The van der Waals surface area contributed by atoms with Gasteiger partial charge in [-0.2, -0.15) is 0 Å². The van der Waals surface area contributed by atoms with Gasteiger partial charge in [-0.05, 0) is 18.8 Å². The Hall–Kier alpha value is 0.0934. The first-order chi connectivity index (χ1) is 5.79. The van der Waals surface area contributed by atoms with E-state index >= 15 is 0 Å². The fourth-order valence-corrected chi connectivity index (χ4v) is 2.02. The number of carboxylic acids is 1. The van der Waals surface area contributed by atoms with Gasteiger partial charge in [0, 0.05) is 25.9 Å². The topological polar surface area (TPSA) is 37.3 Å². The van der Waals surface area contributed by atoms with Crippen molar-refractivity contribution >= 4 is 5.97 Å². The first-order valence-electron chi connectivity index (χ1n) is 5.01. The van der Waals surface area contributed by atoms with Crippen molar-refractivity contribution in [3.05, 3.63) is 0 Å². The van der Waals surface area contributed by atoms with Crippen molar-refractivity contribution in [1.82, 2.24) is 0 Å². The summed E-state index contributed by atoms with van der Waals surface area (Å²) < 4.78 is 0. The molecule has 0 aromatic carbocycles. The smallest absolute Gasteiger partial charge is 0.303 e. The molecule has 1 fully saturated rings. The number of carboxylic acid groups (broad SMARTS) is 1. The molecular formula is C10H18O2Zn. The van der Waals surface area contributed by atoms with Crippen LogP contribution in [0.3, 0.4) is 0 Å². The summed E-state index contributed by atoms with van der Waals surface area (Å²) in [6.45, 7) is 0. The van der Waals surface area contributed by atoms with Crippen LogP contribution in [0.15, 0.2) is 0 Å². The number of aliphatic carboxylic acids is 1. The molecule has 0 bridgehead atoms. The van der Waals surface area contributed by atoms with Crippen molar-refractivity contribution < 1.29 is 29.4 Å². The average Bonchev–Trinajstić information content (AvgIpc) is 2.05. The van der Waals surface area contributed by atoms with Crippen molar-refractivity contribution in [3.63, 3.8) is 0 Å². The van der Waals surface area contributed by atoms with Gasteiger partial charge in [-0.1, -0.05) is 32.1 Å². The molecule has 3 heteroatoms. The zero-order valence-electron chi connectivity index (χ0n) is 8.30. The average molecular weight is 236 g/mol. The fourth-order valence-electron chi connectivity index (χ4n) is 2.02. The normalized spacial score (nSPS) is 17.8. The predicted octanol–water partition coefficient (Wildman–Crippen LogP) is 2.82. The minimum atomic E-state index is -0.647. The quantitative estimate of drug-likeness (QED) is 0.761. The fraction of sp³-hybridized carbons (Fsp3) is 0.900. The van der Waals surface area contributed by atoms with Crippen molar-refractivity contribution in [3.8, 4) is 0 Å². The number of hydrogen-bond acceptors (Lipinski definition) is 1. The molecule has 13 heavy (non-hydrogen) atoms. The van der Waals surface area contributed by atoms with Crippen LogP contribution in [0.4, 0.5) is 0 Å². The molecule has 0 aromatic heterocycles. The van der Waals surface area contributed by atoms with Gasteiger partial charge < -0.3 is 5.11 Å². The third-order valence-corrected chi connectivity index (χ3v) is 2.73. The van der Waals surface area contributed by atoms with Gasteiger partial charge in [0.15, 0.2) is 0 Å². The van der Waals surface area contributed by atoms with Crippen LogP contribution in [0.25, 0.3) is 0 Å². The summed E-state index contributed by atoms with van der Waals surface area (Å²) in [4.78, 5) is 10.2. The Labute approximate surface area is 92.9 Å². The molecule has 1 aliphatic carbocycles. The molecule has 0 aromatic rings. The van der Waals surface area contributed by atoms with Crippen LogP contribution in [-0.2, 0) is 24.3 Å². The molecule has 1 aliphatic rings. The number of rotatable bonds is 4. The summed E-state index contributed by atoms with van der Waals surface area (Å²) in [5.41, 5.74) is 0. The maximum Gasteiger partial charge on any atom is 0.303 e. The Balaban J connectivity index is 0.00000144. The molecule has 1 rings (SSSR count). The summed E-state index contributed by atoms with van der Waals surface area (Å²) in [5, 5.41) is 8.44. The van der Waals surface area contributed by atoms with Crippen LogP contribution in [-0.4, -0.2) is 11.1 Å². The van der Waals surface area contributed by atoms with Gasteiger partial charge in [-0.15, -0.1) is 0 Å². The van der Waals surface area contributed by atoms with E-state index in [1.165, 1.54) is 32.1 Å². The van der Waals surface area contributed by atoms with Gasteiger partial charge in [-0.25, -0.2) is 0 Å². The Kier molecular flexibility index (Phi) is 7.55. The van der Waals surface area contributed by atoms with Gasteiger partial charge >= 0.3 is 5.97 Å². The molecule has 1 N–H and O–H groups in total. The van der Waals surface area contributed by atoms with E-state index in [2.05, 4.69) is 0 Å². The second-order valence-electron chi connectivity index (χ2n) is 3.79. The van der Waals surface area contributed by atoms with E-state index in [-0.39, 0.29) is 19.5 Å². The van der Waals surface area contributed by atoms with E-state index in [4.69, 9.17) is 5.11 Å². The van der Waals surface area contributed by atoms with E-state index in [9.17, 15) is 4.79 Å². The summed E-state index contributed by atoms with van der Waals surface area (Å²) >= 11 is 0. The maximum absolute atomic E-state index is 10.2. The molecule has 0 saturated heterocycles. The van der Waals surface area contributed by atoms with Gasteiger partial charge in [0.2, 0.25) is 0 Å². The molecule has 0 atom stereocenters. The van der Waals surface area contributed by atoms with Crippen molar-refractivity contribution in [1.29, 1.82) is 0 Å². The third-order valence-electron chi connectivity index (χ3n) is 2.73. The zero-order valence-corrected chi connectivity index (χ0v) is 11.3. The van der Waals surface area contributed by atoms with Crippen LogP contribution < -0.4 is 0 Å². The van der Waals surface area contributed by atoms with Crippen LogP contribution >= 0.6 is 0 Å². The Morgan fingerprint density at radius 3 is 2.38 bits per heavy atom. The van der Waals surface area contributed by atoms with E-state index < -0.39 is 5.97 Å². The third kappa shape index (κ3) is 6.20. The molecule has 72 valence electrons. The van der Waals surface area contributed by atoms with Crippen LogP contribution in [0.5, 0.6) is 0 Å². The molecule has 1 saturated carbocycles. The minimum absolute atomic E-state index is 0. The van der Waals surface area contributed by atoms with Gasteiger partial charge in [0.1, 0.15) is 0 Å². The van der Waals surface area contributed by atoms with E-state index in [1.54, 1.807) is 0 Å². The molecule has 2 nitrogen and oxygen atoms in total. The van der Waals surface area contributed by atoms with E-state index in [0.717, 1.165) is 18.8 Å². The van der Waals surface area contributed by atoms with Gasteiger partial charge in [0.05, 0.1) is 0 Å². The SMILES string of the molecule is O=C(O)CCCC1CCCCC1.[Zn]. The zero-order chi connectivity index (χ0) is 8.81. The molecule has 0 radical (unpaired) electrons. The summed E-state index contributed by atoms with van der Waals surface area (Å²) in [6, 6.07) is 0. The largest absolute Gasteiger partial charge is 0.481 e. The maximum atomic E-state index is 10.2. The number of carbonyl (C=O) groups is 1. The Bertz CT molecular complexity index is 142. The minimum Gasteiger partial charge on any atom is -0.481 e. The van der Waals surface area contributed by atoms with Crippen molar-refractivity contribution in [2.75, 3.05) is 0 Å². The van der Waals surface area contributed by atoms with E-state index in [0.29, 0.717) is 6.42 Å². The first-order valence-corrected chi connectivity index (χ1v) is 5.01.